The van der Waals surface area contributed by atoms with Crippen LogP contribution in [0.1, 0.15) is 31.5 Å². The molecular formula is C23H27N3O3. The predicted molar refractivity (Wildman–Crippen MR) is 112 cm³/mol. The van der Waals surface area contributed by atoms with Gasteiger partial charge in [0, 0.05) is 38.0 Å². The van der Waals surface area contributed by atoms with Crippen molar-refractivity contribution in [3.8, 4) is 11.5 Å². The number of benzene rings is 2. The molecule has 6 heteroatoms. The number of para-hydroxylation sites is 2. The number of nitrogens with zero attached hydrogens (tertiary/aromatic N) is 3. The molecule has 1 amide bonds. The summed E-state index contributed by atoms with van der Waals surface area (Å²) >= 11 is 0. The van der Waals surface area contributed by atoms with E-state index in [0.29, 0.717) is 13.0 Å². The van der Waals surface area contributed by atoms with Gasteiger partial charge in [-0.2, -0.15) is 0 Å². The topological polar surface area (TPSA) is 56.6 Å². The molecule has 1 unspecified atom stereocenters. The minimum absolute atomic E-state index is 0.147. The van der Waals surface area contributed by atoms with Crippen molar-refractivity contribution >= 4 is 16.9 Å². The molecule has 0 N–H and O–H groups in total. The summed E-state index contributed by atoms with van der Waals surface area (Å²) in [5.74, 6) is 2.97. The SMILES string of the molecule is CCN1CC(c2nc3ccccc3n2CCCOc2cccc(OC)c2)CC1=O. The van der Waals surface area contributed by atoms with Gasteiger partial charge in [-0.05, 0) is 37.6 Å². The van der Waals surface area contributed by atoms with Gasteiger partial charge >= 0.3 is 0 Å². The van der Waals surface area contributed by atoms with E-state index >= 15 is 0 Å². The third-order valence-corrected chi connectivity index (χ3v) is 5.48. The normalized spacial score (nSPS) is 16.6. The molecule has 0 radical (unpaired) electrons. The largest absolute Gasteiger partial charge is 0.497 e. The minimum Gasteiger partial charge on any atom is -0.497 e. The number of aromatic nitrogens is 2. The Morgan fingerprint density at radius 2 is 1.97 bits per heavy atom. The third kappa shape index (κ3) is 4.06. The lowest BCUT2D eigenvalue weighted by atomic mass is 10.1. The van der Waals surface area contributed by atoms with E-state index in [1.54, 1.807) is 7.11 Å². The summed E-state index contributed by atoms with van der Waals surface area (Å²) in [4.78, 5) is 19.0. The number of amides is 1. The molecule has 1 aliphatic rings. The summed E-state index contributed by atoms with van der Waals surface area (Å²) in [6, 6.07) is 15.8. The van der Waals surface area contributed by atoms with Crippen LogP contribution in [-0.2, 0) is 11.3 Å². The first kappa shape index (κ1) is 19.3. The second kappa shape index (κ2) is 8.55. The molecule has 0 bridgehead atoms. The zero-order valence-corrected chi connectivity index (χ0v) is 17.0. The van der Waals surface area contributed by atoms with Crippen LogP contribution in [0.4, 0.5) is 0 Å². The molecule has 1 saturated heterocycles. The van der Waals surface area contributed by atoms with E-state index in [1.807, 2.05) is 54.3 Å². The molecule has 2 aromatic carbocycles. The molecule has 3 aromatic rings. The van der Waals surface area contributed by atoms with Gasteiger partial charge in [-0.25, -0.2) is 4.98 Å². The monoisotopic (exact) mass is 393 g/mol. The summed E-state index contributed by atoms with van der Waals surface area (Å²) in [7, 11) is 1.65. The molecule has 0 aliphatic carbocycles. The number of carbonyl (C=O) groups excluding carboxylic acids is 1. The van der Waals surface area contributed by atoms with Gasteiger partial charge in [0.2, 0.25) is 5.91 Å². The van der Waals surface area contributed by atoms with Crippen LogP contribution in [-0.4, -0.2) is 47.2 Å². The Balaban J connectivity index is 1.48. The van der Waals surface area contributed by atoms with E-state index in [2.05, 4.69) is 10.6 Å². The van der Waals surface area contributed by atoms with Crippen LogP contribution in [0.25, 0.3) is 11.0 Å². The molecule has 1 aromatic heterocycles. The van der Waals surface area contributed by atoms with Gasteiger partial charge in [0.25, 0.3) is 0 Å². The summed E-state index contributed by atoms with van der Waals surface area (Å²) in [5.41, 5.74) is 2.10. The molecule has 4 rings (SSSR count). The maximum Gasteiger partial charge on any atom is 0.223 e. The molecule has 1 fully saturated rings. The number of likely N-dealkylation sites (tertiary alicyclic amines) is 1. The first-order chi connectivity index (χ1) is 14.2. The number of aryl methyl sites for hydroxylation is 1. The van der Waals surface area contributed by atoms with Gasteiger partial charge in [0.15, 0.2) is 0 Å². The number of fused-ring (bicyclic) bond motifs is 1. The fourth-order valence-corrected chi connectivity index (χ4v) is 4.00. The van der Waals surface area contributed by atoms with Crippen molar-refractivity contribution in [3.05, 3.63) is 54.4 Å². The molecule has 29 heavy (non-hydrogen) atoms. The number of rotatable bonds is 8. The van der Waals surface area contributed by atoms with Crippen molar-refractivity contribution < 1.29 is 14.3 Å². The first-order valence-electron chi connectivity index (χ1n) is 10.2. The van der Waals surface area contributed by atoms with Gasteiger partial charge in [-0.3, -0.25) is 4.79 Å². The van der Waals surface area contributed by atoms with Crippen LogP contribution in [0.15, 0.2) is 48.5 Å². The average Bonchev–Trinajstić information content (AvgIpc) is 3.31. The molecular weight excluding hydrogens is 366 g/mol. The van der Waals surface area contributed by atoms with Gasteiger partial charge < -0.3 is 18.9 Å². The highest BCUT2D eigenvalue weighted by Crippen LogP contribution is 2.30. The molecule has 0 saturated carbocycles. The Kier molecular flexibility index (Phi) is 5.69. The van der Waals surface area contributed by atoms with Crippen molar-refractivity contribution in [2.75, 3.05) is 26.8 Å². The fraction of sp³-hybridized carbons (Fsp3) is 0.391. The summed E-state index contributed by atoms with van der Waals surface area (Å²) < 4.78 is 13.4. The summed E-state index contributed by atoms with van der Waals surface area (Å²) in [5, 5.41) is 0. The standard InChI is InChI=1S/C23H27N3O3/c1-3-25-16-17(14-22(25)27)23-24-20-10-4-5-11-21(20)26(23)12-7-13-29-19-9-6-8-18(15-19)28-2/h4-6,8-11,15,17H,3,7,12-14,16H2,1-2H3. The number of hydrogen-bond donors (Lipinski definition) is 0. The maximum atomic E-state index is 12.2. The second-order valence-electron chi connectivity index (χ2n) is 7.32. The highest BCUT2D eigenvalue weighted by molar-refractivity contribution is 5.80. The number of ether oxygens (including phenoxy) is 2. The zero-order chi connectivity index (χ0) is 20.2. The van der Waals surface area contributed by atoms with E-state index in [9.17, 15) is 4.79 Å². The van der Waals surface area contributed by atoms with Crippen LogP contribution in [0, 0.1) is 0 Å². The van der Waals surface area contributed by atoms with E-state index < -0.39 is 0 Å². The lowest BCUT2D eigenvalue weighted by Crippen LogP contribution is -2.24. The van der Waals surface area contributed by atoms with E-state index in [1.165, 1.54) is 0 Å². The van der Waals surface area contributed by atoms with E-state index in [4.69, 9.17) is 14.5 Å². The smallest absolute Gasteiger partial charge is 0.223 e. The fourth-order valence-electron chi connectivity index (χ4n) is 4.00. The van der Waals surface area contributed by atoms with Crippen LogP contribution in [0.5, 0.6) is 11.5 Å². The lowest BCUT2D eigenvalue weighted by molar-refractivity contribution is -0.127. The molecule has 1 aliphatic heterocycles. The maximum absolute atomic E-state index is 12.2. The quantitative estimate of drug-likeness (QED) is 0.546. The van der Waals surface area contributed by atoms with Crippen molar-refractivity contribution in [3.63, 3.8) is 0 Å². The number of carbonyl (C=O) groups is 1. The van der Waals surface area contributed by atoms with Crippen molar-refractivity contribution in [1.29, 1.82) is 0 Å². The Hall–Kier alpha value is -3.02. The zero-order valence-electron chi connectivity index (χ0n) is 17.0. The number of imidazole rings is 1. The number of likely N-dealkylation sites (N-methyl/N-ethyl adjacent to an activating group) is 1. The van der Waals surface area contributed by atoms with Crippen molar-refractivity contribution in [2.45, 2.75) is 32.2 Å². The Labute approximate surface area is 171 Å². The van der Waals surface area contributed by atoms with E-state index in [-0.39, 0.29) is 11.8 Å². The molecule has 152 valence electrons. The minimum atomic E-state index is 0.147. The van der Waals surface area contributed by atoms with Crippen molar-refractivity contribution in [2.24, 2.45) is 0 Å². The number of hydrogen-bond acceptors (Lipinski definition) is 4. The third-order valence-electron chi connectivity index (χ3n) is 5.48. The predicted octanol–water partition coefficient (Wildman–Crippen LogP) is 3.85. The molecule has 0 spiro atoms. The molecule has 1 atom stereocenters. The number of methoxy groups -OCH3 is 1. The highest BCUT2D eigenvalue weighted by atomic mass is 16.5. The van der Waals surface area contributed by atoms with Gasteiger partial charge in [0.1, 0.15) is 17.3 Å². The van der Waals surface area contributed by atoms with Gasteiger partial charge in [-0.15, -0.1) is 0 Å². The van der Waals surface area contributed by atoms with Crippen LogP contribution >= 0.6 is 0 Å². The molecule has 2 heterocycles. The molecule has 6 nitrogen and oxygen atoms in total. The Morgan fingerprint density at radius 3 is 2.76 bits per heavy atom. The second-order valence-corrected chi connectivity index (χ2v) is 7.32. The van der Waals surface area contributed by atoms with Crippen LogP contribution < -0.4 is 9.47 Å². The van der Waals surface area contributed by atoms with Gasteiger partial charge in [0.05, 0.1) is 24.8 Å². The highest BCUT2D eigenvalue weighted by Gasteiger charge is 2.32. The summed E-state index contributed by atoms with van der Waals surface area (Å²) in [6.45, 7) is 4.93. The Morgan fingerprint density at radius 1 is 1.14 bits per heavy atom. The first-order valence-corrected chi connectivity index (χ1v) is 10.2. The van der Waals surface area contributed by atoms with E-state index in [0.717, 1.165) is 54.4 Å². The van der Waals surface area contributed by atoms with Gasteiger partial charge in [-0.1, -0.05) is 18.2 Å². The average molecular weight is 393 g/mol. The summed E-state index contributed by atoms with van der Waals surface area (Å²) in [6.07, 6.45) is 1.39. The van der Waals surface area contributed by atoms with Crippen LogP contribution in [0.2, 0.25) is 0 Å². The lowest BCUT2D eigenvalue weighted by Gasteiger charge is -2.15. The Bertz CT molecular complexity index is 998. The van der Waals surface area contributed by atoms with Crippen molar-refractivity contribution in [1.82, 2.24) is 14.5 Å². The van der Waals surface area contributed by atoms with Crippen LogP contribution in [0.3, 0.4) is 0 Å².